The van der Waals surface area contributed by atoms with Crippen LogP contribution in [0.4, 0.5) is 0 Å². The van der Waals surface area contributed by atoms with E-state index in [0.29, 0.717) is 6.04 Å². The fourth-order valence-electron chi connectivity index (χ4n) is 3.57. The van der Waals surface area contributed by atoms with Crippen LogP contribution < -0.4 is 0 Å². The molecule has 130 valence electrons. The van der Waals surface area contributed by atoms with Gasteiger partial charge in [0.15, 0.2) is 10.6 Å². The molecule has 0 radical (unpaired) electrons. The van der Waals surface area contributed by atoms with E-state index < -0.39 is 0 Å². The van der Waals surface area contributed by atoms with Gasteiger partial charge in [0, 0.05) is 30.1 Å². The lowest BCUT2D eigenvalue weighted by Gasteiger charge is -2.33. The lowest BCUT2D eigenvalue weighted by atomic mass is 10.0. The first-order valence-electron chi connectivity index (χ1n) is 8.56. The molecule has 0 saturated carbocycles. The molecule has 2 aromatic heterocycles. The summed E-state index contributed by atoms with van der Waals surface area (Å²) in [5.74, 6) is 0.934. The van der Waals surface area contributed by atoms with E-state index in [2.05, 4.69) is 54.5 Å². The van der Waals surface area contributed by atoms with Crippen molar-refractivity contribution in [1.29, 1.82) is 0 Å². The quantitative estimate of drug-likeness (QED) is 0.632. The van der Waals surface area contributed by atoms with Crippen molar-refractivity contribution in [3.63, 3.8) is 0 Å². The molecule has 0 fully saturated rings. The van der Waals surface area contributed by atoms with Crippen LogP contribution >= 0.6 is 23.6 Å². The predicted molar refractivity (Wildman–Crippen MR) is 105 cm³/mol. The first-order valence-corrected chi connectivity index (χ1v) is 9.85. The van der Waals surface area contributed by atoms with Crippen LogP contribution in [0.3, 0.4) is 0 Å². The Hall–Kier alpha value is -1.76. The molecule has 25 heavy (non-hydrogen) atoms. The predicted octanol–water partition coefficient (Wildman–Crippen LogP) is 4.56. The molecule has 0 spiro atoms. The van der Waals surface area contributed by atoms with Crippen molar-refractivity contribution in [2.75, 3.05) is 6.54 Å². The van der Waals surface area contributed by atoms with Crippen molar-refractivity contribution in [3.8, 4) is 11.4 Å². The number of aryl methyl sites for hydroxylation is 1. The highest BCUT2D eigenvalue weighted by Crippen LogP contribution is 2.33. The molecule has 3 heterocycles. The number of hydrogen-bond donors (Lipinski definition) is 0. The van der Waals surface area contributed by atoms with E-state index in [9.17, 15) is 0 Å². The summed E-state index contributed by atoms with van der Waals surface area (Å²) < 4.78 is 4.74. The van der Waals surface area contributed by atoms with Gasteiger partial charge in [0.25, 0.3) is 0 Å². The van der Waals surface area contributed by atoms with Gasteiger partial charge in [-0.3, -0.25) is 4.90 Å². The van der Waals surface area contributed by atoms with Crippen molar-refractivity contribution in [2.45, 2.75) is 33.0 Å². The maximum absolute atomic E-state index is 5.66. The van der Waals surface area contributed by atoms with Crippen molar-refractivity contribution in [2.24, 2.45) is 7.05 Å². The second-order valence-corrected chi connectivity index (χ2v) is 8.02. The average molecular weight is 371 g/mol. The van der Waals surface area contributed by atoms with E-state index in [1.807, 2.05) is 27.6 Å². The number of benzene rings is 1. The molecule has 6 heteroatoms. The van der Waals surface area contributed by atoms with E-state index in [4.69, 9.17) is 17.3 Å². The Morgan fingerprint density at radius 3 is 2.88 bits per heavy atom. The van der Waals surface area contributed by atoms with Gasteiger partial charge in [0.05, 0.1) is 6.67 Å². The molecule has 1 atom stereocenters. The number of rotatable bonds is 3. The largest absolute Gasteiger partial charge is 0.303 e. The van der Waals surface area contributed by atoms with Crippen LogP contribution in [0.5, 0.6) is 0 Å². The zero-order valence-electron chi connectivity index (χ0n) is 14.8. The van der Waals surface area contributed by atoms with Crippen LogP contribution in [0.15, 0.2) is 35.7 Å². The van der Waals surface area contributed by atoms with Gasteiger partial charge in [0.1, 0.15) is 0 Å². The number of hydrogen-bond acceptors (Lipinski definition) is 4. The Morgan fingerprint density at radius 2 is 2.08 bits per heavy atom. The highest BCUT2D eigenvalue weighted by Gasteiger charge is 2.25. The van der Waals surface area contributed by atoms with E-state index in [0.717, 1.165) is 35.8 Å². The van der Waals surface area contributed by atoms with Crippen molar-refractivity contribution in [1.82, 2.24) is 19.2 Å². The van der Waals surface area contributed by atoms with Crippen LogP contribution in [0, 0.1) is 11.7 Å². The fourth-order valence-corrected chi connectivity index (χ4v) is 4.71. The summed E-state index contributed by atoms with van der Waals surface area (Å²) in [6.45, 7) is 6.17. The van der Waals surface area contributed by atoms with Gasteiger partial charge in [-0.25, -0.2) is 4.68 Å². The Labute approximate surface area is 157 Å². The summed E-state index contributed by atoms with van der Waals surface area (Å²) >= 11 is 7.54. The summed E-state index contributed by atoms with van der Waals surface area (Å²) in [4.78, 5) is 3.98. The highest BCUT2D eigenvalue weighted by molar-refractivity contribution is 7.71. The standard InChI is InChI=1S/C19H22N4S2/c1-13-6-4-5-7-15(13)18-20-23(19(24)21(18)3)12-22-10-8-17-16(14(22)2)9-11-25-17/h4-7,9,11,14H,8,10,12H2,1-3H3/t14-/m0/s1. The van der Waals surface area contributed by atoms with Crippen LogP contribution in [-0.2, 0) is 20.1 Å². The van der Waals surface area contributed by atoms with Gasteiger partial charge in [-0.15, -0.1) is 11.3 Å². The lowest BCUT2D eigenvalue weighted by Crippen LogP contribution is -2.35. The Morgan fingerprint density at radius 1 is 1.28 bits per heavy atom. The Bertz CT molecular complexity index is 966. The molecule has 4 nitrogen and oxygen atoms in total. The minimum absolute atomic E-state index is 0.404. The van der Waals surface area contributed by atoms with E-state index in [1.165, 1.54) is 16.0 Å². The SMILES string of the molecule is Cc1ccccc1-c1nn(CN2CCc3sccc3[C@@H]2C)c(=S)n1C. The third-order valence-corrected chi connectivity index (χ3v) is 6.63. The van der Waals surface area contributed by atoms with Crippen LogP contribution in [0.25, 0.3) is 11.4 Å². The number of thiophene rings is 1. The summed E-state index contributed by atoms with van der Waals surface area (Å²) in [6.07, 6.45) is 1.11. The van der Waals surface area contributed by atoms with E-state index >= 15 is 0 Å². The second-order valence-electron chi connectivity index (χ2n) is 6.66. The zero-order chi connectivity index (χ0) is 17.6. The van der Waals surface area contributed by atoms with Gasteiger partial charge in [-0.2, -0.15) is 5.10 Å². The number of nitrogens with zero attached hydrogens (tertiary/aromatic N) is 4. The van der Waals surface area contributed by atoms with Crippen molar-refractivity contribution in [3.05, 3.63) is 56.5 Å². The van der Waals surface area contributed by atoms with Crippen LogP contribution in [0.1, 0.15) is 29.0 Å². The lowest BCUT2D eigenvalue weighted by molar-refractivity contribution is 0.144. The molecule has 1 aliphatic rings. The molecule has 0 aliphatic carbocycles. The van der Waals surface area contributed by atoms with Gasteiger partial charge in [-0.05, 0) is 55.1 Å². The maximum atomic E-state index is 5.66. The highest BCUT2D eigenvalue weighted by atomic mass is 32.1. The first-order chi connectivity index (χ1) is 12.1. The molecular formula is C19H22N4S2. The normalized spacial score (nSPS) is 17.6. The van der Waals surface area contributed by atoms with Gasteiger partial charge in [-0.1, -0.05) is 24.3 Å². The van der Waals surface area contributed by atoms with Gasteiger partial charge >= 0.3 is 0 Å². The molecule has 0 bridgehead atoms. The molecular weight excluding hydrogens is 348 g/mol. The van der Waals surface area contributed by atoms with E-state index in [1.54, 1.807) is 0 Å². The average Bonchev–Trinajstić information content (AvgIpc) is 3.19. The molecule has 4 rings (SSSR count). The molecule has 0 amide bonds. The van der Waals surface area contributed by atoms with Crippen molar-refractivity contribution < 1.29 is 0 Å². The zero-order valence-corrected chi connectivity index (χ0v) is 16.4. The monoisotopic (exact) mass is 370 g/mol. The topological polar surface area (TPSA) is 26.0 Å². The summed E-state index contributed by atoms with van der Waals surface area (Å²) in [7, 11) is 2.00. The van der Waals surface area contributed by atoms with Crippen LogP contribution in [0.2, 0.25) is 0 Å². The molecule has 0 saturated heterocycles. The van der Waals surface area contributed by atoms with E-state index in [-0.39, 0.29) is 0 Å². The van der Waals surface area contributed by atoms with Gasteiger partial charge < -0.3 is 4.57 Å². The minimum Gasteiger partial charge on any atom is -0.303 e. The third-order valence-electron chi connectivity index (χ3n) is 5.15. The Kier molecular flexibility index (Phi) is 4.35. The summed E-state index contributed by atoms with van der Waals surface area (Å²) in [6, 6.07) is 11.0. The molecule has 1 aromatic carbocycles. The minimum atomic E-state index is 0.404. The van der Waals surface area contributed by atoms with Gasteiger partial charge in [0.2, 0.25) is 0 Å². The summed E-state index contributed by atoms with van der Waals surface area (Å²) in [5, 5.41) is 7.05. The molecule has 0 unspecified atom stereocenters. The number of aromatic nitrogens is 3. The molecule has 1 aliphatic heterocycles. The fraction of sp³-hybridized carbons (Fsp3) is 0.368. The molecule has 0 N–H and O–H groups in total. The second kappa shape index (κ2) is 6.52. The third kappa shape index (κ3) is 2.88. The van der Waals surface area contributed by atoms with Crippen molar-refractivity contribution >= 4 is 23.6 Å². The molecule has 3 aromatic rings. The Balaban J connectivity index is 1.66. The first kappa shape index (κ1) is 16.7. The smallest absolute Gasteiger partial charge is 0.199 e. The van der Waals surface area contributed by atoms with Crippen LogP contribution in [-0.4, -0.2) is 25.8 Å². The maximum Gasteiger partial charge on any atom is 0.199 e. The number of fused-ring (bicyclic) bond motifs is 1. The summed E-state index contributed by atoms with van der Waals surface area (Å²) in [5.41, 5.74) is 3.81.